The fraction of sp³-hybridized carbons (Fsp3) is 0.308. The molecule has 0 radical (unpaired) electrons. The summed E-state index contributed by atoms with van der Waals surface area (Å²) < 4.78 is 9.69. The molecule has 0 spiro atoms. The largest absolute Gasteiger partial charge is 0.468 e. The molecule has 0 amide bonds. The summed E-state index contributed by atoms with van der Waals surface area (Å²) in [4.78, 5) is 15.4. The first-order valence-corrected chi connectivity index (χ1v) is 7.63. The zero-order valence-corrected chi connectivity index (χ0v) is 12.9. The number of esters is 1. The lowest BCUT2D eigenvalue weighted by atomic mass is 10.2. The normalized spacial score (nSPS) is 12.1. The van der Waals surface area contributed by atoms with Crippen LogP contribution >= 0.6 is 23.4 Å². The summed E-state index contributed by atoms with van der Waals surface area (Å²) in [5.74, 6) is 1.44. The lowest BCUT2D eigenvalue weighted by molar-refractivity contribution is -0.141. The van der Waals surface area contributed by atoms with Gasteiger partial charge in [-0.3, -0.25) is 4.79 Å². The first-order chi connectivity index (χ1) is 10.1. The molecule has 1 aromatic heterocycles. The first kappa shape index (κ1) is 15.8. The van der Waals surface area contributed by atoms with E-state index in [2.05, 4.69) is 14.9 Å². The Hall–Kier alpha value is -1.57. The highest BCUT2D eigenvalue weighted by atomic mass is 35.5. The Morgan fingerprint density at radius 3 is 2.86 bits per heavy atom. The van der Waals surface area contributed by atoms with Gasteiger partial charge < -0.3 is 15.0 Å². The van der Waals surface area contributed by atoms with Crippen molar-refractivity contribution in [1.29, 1.82) is 0 Å². The molecule has 8 heteroatoms. The van der Waals surface area contributed by atoms with Gasteiger partial charge in [0.25, 0.3) is 0 Å². The highest BCUT2D eigenvalue weighted by Gasteiger charge is 2.15. The summed E-state index contributed by atoms with van der Waals surface area (Å²) in [6.45, 7) is 0. The van der Waals surface area contributed by atoms with Crippen LogP contribution in [0.1, 0.15) is 5.89 Å². The molecule has 1 heterocycles. The number of rotatable bonds is 6. The van der Waals surface area contributed by atoms with Crippen LogP contribution in [0, 0.1) is 0 Å². The van der Waals surface area contributed by atoms with Crippen molar-refractivity contribution < 1.29 is 14.1 Å². The topological polar surface area (TPSA) is 91.2 Å². The molecular formula is C13H14ClN3O3S. The van der Waals surface area contributed by atoms with Crippen LogP contribution < -0.4 is 5.73 Å². The second kappa shape index (κ2) is 7.44. The van der Waals surface area contributed by atoms with Crippen LogP contribution in [-0.2, 0) is 15.3 Å². The Labute approximate surface area is 131 Å². The zero-order chi connectivity index (χ0) is 15.2. The molecule has 0 saturated carbocycles. The minimum absolute atomic E-state index is 0.422. The standard InChI is InChI=1S/C13H14ClN3O3S/c1-19-13(18)10(15)6-21-7-11-16-12(17-20-11)8-2-4-9(14)5-3-8/h2-5,10H,6-7,15H2,1H3. The van der Waals surface area contributed by atoms with Gasteiger partial charge in [-0.05, 0) is 24.3 Å². The second-order valence-corrected chi connectivity index (χ2v) is 5.63. The number of halogens is 1. The van der Waals surface area contributed by atoms with E-state index in [9.17, 15) is 4.79 Å². The Bertz CT molecular complexity index is 603. The number of methoxy groups -OCH3 is 1. The Kier molecular flexibility index (Phi) is 5.60. The van der Waals surface area contributed by atoms with E-state index in [-0.39, 0.29) is 0 Å². The summed E-state index contributed by atoms with van der Waals surface area (Å²) in [5.41, 5.74) is 6.45. The lowest BCUT2D eigenvalue weighted by Gasteiger charge is -2.06. The van der Waals surface area contributed by atoms with Crippen molar-refractivity contribution in [1.82, 2.24) is 10.1 Å². The van der Waals surface area contributed by atoms with Gasteiger partial charge in [0.05, 0.1) is 12.9 Å². The summed E-state index contributed by atoms with van der Waals surface area (Å²) in [5, 5.41) is 4.55. The number of nitrogens with zero attached hydrogens (tertiary/aromatic N) is 2. The number of hydrogen-bond acceptors (Lipinski definition) is 7. The van der Waals surface area contributed by atoms with Gasteiger partial charge in [-0.2, -0.15) is 4.98 Å². The van der Waals surface area contributed by atoms with Gasteiger partial charge >= 0.3 is 5.97 Å². The molecule has 0 aliphatic rings. The first-order valence-electron chi connectivity index (χ1n) is 6.10. The molecule has 1 unspecified atom stereocenters. The monoisotopic (exact) mass is 327 g/mol. The van der Waals surface area contributed by atoms with Crippen LogP contribution in [0.4, 0.5) is 0 Å². The number of carbonyl (C=O) groups is 1. The Balaban J connectivity index is 1.89. The van der Waals surface area contributed by atoms with E-state index in [1.165, 1.54) is 18.9 Å². The molecule has 0 bridgehead atoms. The van der Waals surface area contributed by atoms with Crippen molar-refractivity contribution in [2.75, 3.05) is 12.9 Å². The average Bonchev–Trinajstić information content (AvgIpc) is 2.95. The number of ether oxygens (including phenoxy) is 1. The predicted octanol–water partition coefficient (Wildman–Crippen LogP) is 2.12. The van der Waals surface area contributed by atoms with E-state index in [0.717, 1.165) is 5.56 Å². The Morgan fingerprint density at radius 2 is 2.19 bits per heavy atom. The summed E-state index contributed by atoms with van der Waals surface area (Å²) in [6.07, 6.45) is 0. The predicted molar refractivity (Wildman–Crippen MR) is 80.9 cm³/mol. The van der Waals surface area contributed by atoms with Crippen LogP contribution in [0.15, 0.2) is 28.8 Å². The molecule has 1 aromatic carbocycles. The van der Waals surface area contributed by atoms with E-state index in [1.807, 2.05) is 12.1 Å². The molecule has 0 saturated heterocycles. The van der Waals surface area contributed by atoms with Gasteiger partial charge in [0, 0.05) is 16.3 Å². The highest BCUT2D eigenvalue weighted by Crippen LogP contribution is 2.20. The fourth-order valence-corrected chi connectivity index (χ4v) is 2.45. The Morgan fingerprint density at radius 1 is 1.48 bits per heavy atom. The molecule has 2 aromatic rings. The quantitative estimate of drug-likeness (QED) is 0.812. The SMILES string of the molecule is COC(=O)C(N)CSCc1nc(-c2ccc(Cl)cc2)no1. The third kappa shape index (κ3) is 4.45. The fourth-order valence-electron chi connectivity index (χ4n) is 1.52. The average molecular weight is 328 g/mol. The number of hydrogen-bond donors (Lipinski definition) is 1. The molecule has 21 heavy (non-hydrogen) atoms. The number of aromatic nitrogens is 2. The summed E-state index contributed by atoms with van der Waals surface area (Å²) in [7, 11) is 1.31. The van der Waals surface area contributed by atoms with Crippen molar-refractivity contribution in [3.8, 4) is 11.4 Å². The molecule has 0 aliphatic carbocycles. The van der Waals surface area contributed by atoms with Gasteiger partial charge in [-0.1, -0.05) is 16.8 Å². The van der Waals surface area contributed by atoms with Crippen molar-refractivity contribution >= 4 is 29.3 Å². The highest BCUT2D eigenvalue weighted by molar-refractivity contribution is 7.98. The van der Waals surface area contributed by atoms with Crippen LogP contribution in [0.2, 0.25) is 5.02 Å². The number of benzene rings is 1. The number of carbonyl (C=O) groups excluding carboxylic acids is 1. The molecule has 112 valence electrons. The van der Waals surface area contributed by atoms with E-state index >= 15 is 0 Å². The summed E-state index contributed by atoms with van der Waals surface area (Å²) >= 11 is 7.25. The molecule has 1 atom stereocenters. The zero-order valence-electron chi connectivity index (χ0n) is 11.3. The lowest BCUT2D eigenvalue weighted by Crippen LogP contribution is -2.33. The minimum Gasteiger partial charge on any atom is -0.468 e. The van der Waals surface area contributed by atoms with Crippen LogP contribution in [0.25, 0.3) is 11.4 Å². The molecular weight excluding hydrogens is 314 g/mol. The van der Waals surface area contributed by atoms with Crippen molar-refractivity contribution in [2.24, 2.45) is 5.73 Å². The van der Waals surface area contributed by atoms with Crippen molar-refractivity contribution in [3.63, 3.8) is 0 Å². The number of thioether (sulfide) groups is 1. The maximum atomic E-state index is 11.1. The van der Waals surface area contributed by atoms with Crippen LogP contribution in [-0.4, -0.2) is 35.0 Å². The van der Waals surface area contributed by atoms with Crippen LogP contribution in [0.3, 0.4) is 0 Å². The van der Waals surface area contributed by atoms with Gasteiger partial charge in [0.1, 0.15) is 6.04 Å². The minimum atomic E-state index is -0.654. The smallest absolute Gasteiger partial charge is 0.323 e. The number of nitrogens with two attached hydrogens (primary N) is 1. The molecule has 2 N–H and O–H groups in total. The molecule has 0 fully saturated rings. The maximum absolute atomic E-state index is 11.1. The van der Waals surface area contributed by atoms with Gasteiger partial charge in [-0.25, -0.2) is 0 Å². The summed E-state index contributed by atoms with van der Waals surface area (Å²) in [6, 6.07) is 6.50. The van der Waals surface area contributed by atoms with E-state index in [4.69, 9.17) is 21.9 Å². The molecule has 0 aliphatic heterocycles. The van der Waals surface area contributed by atoms with Crippen molar-refractivity contribution in [3.05, 3.63) is 35.2 Å². The molecule has 2 rings (SSSR count). The van der Waals surface area contributed by atoms with Crippen molar-refractivity contribution in [2.45, 2.75) is 11.8 Å². The van der Waals surface area contributed by atoms with Crippen LogP contribution in [0.5, 0.6) is 0 Å². The second-order valence-electron chi connectivity index (χ2n) is 4.16. The molecule has 6 nitrogen and oxygen atoms in total. The van der Waals surface area contributed by atoms with E-state index in [0.29, 0.717) is 28.2 Å². The van der Waals surface area contributed by atoms with Gasteiger partial charge in [0.2, 0.25) is 11.7 Å². The maximum Gasteiger partial charge on any atom is 0.323 e. The van der Waals surface area contributed by atoms with E-state index < -0.39 is 12.0 Å². The third-order valence-corrected chi connectivity index (χ3v) is 3.90. The van der Waals surface area contributed by atoms with Gasteiger partial charge in [0.15, 0.2) is 0 Å². The van der Waals surface area contributed by atoms with E-state index in [1.54, 1.807) is 12.1 Å². The van der Waals surface area contributed by atoms with Gasteiger partial charge in [-0.15, -0.1) is 11.8 Å². The third-order valence-electron chi connectivity index (χ3n) is 2.60.